The quantitative estimate of drug-likeness (QED) is 0.854. The molecule has 0 spiro atoms. The molecule has 25 heavy (non-hydrogen) atoms. The number of hydrogen-bond donors (Lipinski definition) is 1. The van der Waals surface area contributed by atoms with Crippen LogP contribution in [-0.4, -0.2) is 61.0 Å². The van der Waals surface area contributed by atoms with E-state index in [1.54, 1.807) is 18.4 Å². The van der Waals surface area contributed by atoms with Crippen molar-refractivity contribution in [1.29, 1.82) is 0 Å². The maximum atomic E-state index is 11.5. The van der Waals surface area contributed by atoms with Gasteiger partial charge >= 0.3 is 0 Å². The molecular formula is C18H27N5OS. The van der Waals surface area contributed by atoms with Gasteiger partial charge in [0.25, 0.3) is 0 Å². The molecule has 6 nitrogen and oxygen atoms in total. The van der Waals surface area contributed by atoms with Crippen LogP contribution in [0.5, 0.6) is 0 Å². The molecular weight excluding hydrogens is 334 g/mol. The van der Waals surface area contributed by atoms with E-state index < -0.39 is 0 Å². The second-order valence-electron chi connectivity index (χ2n) is 6.73. The SMILES string of the molecule is CCc1nc(N(C)CC2CCN(CC(=O)NC)CC2)c2ccsc2n1. The zero-order valence-corrected chi connectivity index (χ0v) is 16.1. The number of aromatic nitrogens is 2. The van der Waals surface area contributed by atoms with Gasteiger partial charge < -0.3 is 10.2 Å². The molecule has 0 aromatic carbocycles. The summed E-state index contributed by atoms with van der Waals surface area (Å²) >= 11 is 1.68. The average molecular weight is 362 g/mol. The second kappa shape index (κ2) is 8.10. The number of carbonyl (C=O) groups is 1. The summed E-state index contributed by atoms with van der Waals surface area (Å²) in [6.45, 7) is 5.59. The van der Waals surface area contributed by atoms with Gasteiger partial charge in [-0.2, -0.15) is 0 Å². The lowest BCUT2D eigenvalue weighted by Crippen LogP contribution is -2.42. The van der Waals surface area contributed by atoms with E-state index in [1.165, 1.54) is 0 Å². The smallest absolute Gasteiger partial charge is 0.233 e. The number of carbonyl (C=O) groups excluding carboxylic acids is 1. The number of piperidine rings is 1. The van der Waals surface area contributed by atoms with Gasteiger partial charge in [-0.05, 0) is 43.3 Å². The third kappa shape index (κ3) is 4.27. The Hall–Kier alpha value is -1.73. The van der Waals surface area contributed by atoms with E-state index in [-0.39, 0.29) is 5.91 Å². The summed E-state index contributed by atoms with van der Waals surface area (Å²) in [5.74, 6) is 2.70. The number of nitrogens with zero attached hydrogens (tertiary/aromatic N) is 4. The number of likely N-dealkylation sites (N-methyl/N-ethyl adjacent to an activating group) is 1. The Morgan fingerprint density at radius 3 is 2.84 bits per heavy atom. The van der Waals surface area contributed by atoms with Crippen LogP contribution in [0.15, 0.2) is 11.4 Å². The maximum absolute atomic E-state index is 11.5. The third-order valence-corrected chi connectivity index (χ3v) is 5.72. The summed E-state index contributed by atoms with van der Waals surface area (Å²) in [6.07, 6.45) is 3.10. The Morgan fingerprint density at radius 2 is 2.16 bits per heavy atom. The van der Waals surface area contributed by atoms with Gasteiger partial charge in [-0.3, -0.25) is 9.69 Å². The molecule has 0 bridgehead atoms. The molecule has 0 aliphatic carbocycles. The van der Waals surface area contributed by atoms with E-state index in [0.717, 1.165) is 60.8 Å². The van der Waals surface area contributed by atoms with Crippen LogP contribution >= 0.6 is 11.3 Å². The van der Waals surface area contributed by atoms with Crippen LogP contribution in [0.2, 0.25) is 0 Å². The molecule has 0 atom stereocenters. The second-order valence-corrected chi connectivity index (χ2v) is 7.62. The van der Waals surface area contributed by atoms with E-state index in [0.29, 0.717) is 12.5 Å². The zero-order chi connectivity index (χ0) is 17.8. The summed E-state index contributed by atoms with van der Waals surface area (Å²) in [5.41, 5.74) is 0. The number of aryl methyl sites for hydroxylation is 1. The predicted molar refractivity (Wildman–Crippen MR) is 103 cm³/mol. The van der Waals surface area contributed by atoms with E-state index >= 15 is 0 Å². The lowest BCUT2D eigenvalue weighted by Gasteiger charge is -2.33. The molecule has 0 saturated carbocycles. The van der Waals surface area contributed by atoms with Crippen LogP contribution in [0, 0.1) is 5.92 Å². The number of amides is 1. The molecule has 1 aliphatic rings. The predicted octanol–water partition coefficient (Wildman–Crippen LogP) is 2.15. The molecule has 1 saturated heterocycles. The van der Waals surface area contributed by atoms with Gasteiger partial charge in [0, 0.05) is 27.1 Å². The minimum Gasteiger partial charge on any atom is -0.359 e. The van der Waals surface area contributed by atoms with Crippen molar-refractivity contribution in [2.75, 3.05) is 45.2 Å². The first kappa shape index (κ1) is 18.1. The van der Waals surface area contributed by atoms with Crippen molar-refractivity contribution in [2.24, 2.45) is 5.92 Å². The van der Waals surface area contributed by atoms with Crippen molar-refractivity contribution < 1.29 is 4.79 Å². The fraction of sp³-hybridized carbons (Fsp3) is 0.611. The summed E-state index contributed by atoms with van der Waals surface area (Å²) in [5, 5.41) is 5.95. The van der Waals surface area contributed by atoms with Gasteiger partial charge in [-0.25, -0.2) is 9.97 Å². The zero-order valence-electron chi connectivity index (χ0n) is 15.3. The van der Waals surface area contributed by atoms with Crippen LogP contribution in [0.4, 0.5) is 5.82 Å². The Morgan fingerprint density at radius 1 is 1.40 bits per heavy atom. The monoisotopic (exact) mass is 361 g/mol. The standard InChI is InChI=1S/C18H27N5OS/c1-4-15-20-17(14-7-10-25-18(14)21-15)22(3)11-13-5-8-23(9-6-13)12-16(24)19-2/h7,10,13H,4-6,8-9,11-12H2,1-3H3,(H,19,24). The minimum absolute atomic E-state index is 0.100. The Balaban J connectivity index is 1.63. The Kier molecular flexibility index (Phi) is 5.86. The molecule has 1 amide bonds. The molecule has 0 unspecified atom stereocenters. The van der Waals surface area contributed by atoms with Gasteiger partial charge in [-0.1, -0.05) is 6.92 Å². The molecule has 7 heteroatoms. The van der Waals surface area contributed by atoms with E-state index in [4.69, 9.17) is 4.98 Å². The molecule has 3 rings (SSSR count). The molecule has 2 aromatic heterocycles. The number of rotatable bonds is 6. The van der Waals surface area contributed by atoms with Crippen molar-refractivity contribution in [3.8, 4) is 0 Å². The van der Waals surface area contributed by atoms with E-state index in [1.807, 2.05) is 0 Å². The average Bonchev–Trinajstić information content (AvgIpc) is 3.10. The lowest BCUT2D eigenvalue weighted by molar-refractivity contribution is -0.122. The largest absolute Gasteiger partial charge is 0.359 e. The maximum Gasteiger partial charge on any atom is 0.233 e. The number of thiophene rings is 1. The molecule has 1 fully saturated rings. The highest BCUT2D eigenvalue weighted by atomic mass is 32.1. The molecule has 2 aromatic rings. The first-order valence-corrected chi connectivity index (χ1v) is 9.86. The third-order valence-electron chi connectivity index (χ3n) is 4.91. The molecule has 136 valence electrons. The van der Waals surface area contributed by atoms with Crippen LogP contribution in [-0.2, 0) is 11.2 Å². The summed E-state index contributed by atoms with van der Waals surface area (Å²) in [7, 11) is 3.83. The van der Waals surface area contributed by atoms with Gasteiger partial charge in [0.15, 0.2) is 0 Å². The first-order chi connectivity index (χ1) is 12.1. The van der Waals surface area contributed by atoms with E-state index in [9.17, 15) is 4.79 Å². The summed E-state index contributed by atoms with van der Waals surface area (Å²) in [6, 6.07) is 2.12. The summed E-state index contributed by atoms with van der Waals surface area (Å²) in [4.78, 5) is 26.5. The lowest BCUT2D eigenvalue weighted by atomic mass is 9.96. The number of anilines is 1. The topological polar surface area (TPSA) is 61.4 Å². The minimum atomic E-state index is 0.100. The molecule has 1 aliphatic heterocycles. The molecule has 1 N–H and O–H groups in total. The van der Waals surface area contributed by atoms with Crippen molar-refractivity contribution >= 4 is 33.3 Å². The van der Waals surface area contributed by atoms with Crippen molar-refractivity contribution in [3.63, 3.8) is 0 Å². The van der Waals surface area contributed by atoms with Crippen molar-refractivity contribution in [2.45, 2.75) is 26.2 Å². The van der Waals surface area contributed by atoms with Crippen LogP contribution in [0.3, 0.4) is 0 Å². The Bertz CT molecular complexity index is 723. The first-order valence-electron chi connectivity index (χ1n) is 8.99. The van der Waals surface area contributed by atoms with Gasteiger partial charge in [-0.15, -0.1) is 11.3 Å². The molecule has 3 heterocycles. The number of nitrogens with one attached hydrogen (secondary N) is 1. The number of hydrogen-bond acceptors (Lipinski definition) is 6. The highest BCUT2D eigenvalue weighted by molar-refractivity contribution is 7.16. The fourth-order valence-electron chi connectivity index (χ4n) is 3.41. The van der Waals surface area contributed by atoms with E-state index in [2.05, 4.69) is 45.5 Å². The van der Waals surface area contributed by atoms with Gasteiger partial charge in [0.1, 0.15) is 16.5 Å². The molecule has 0 radical (unpaired) electrons. The number of fused-ring (bicyclic) bond motifs is 1. The van der Waals surface area contributed by atoms with Gasteiger partial charge in [0.05, 0.1) is 11.9 Å². The van der Waals surface area contributed by atoms with Crippen LogP contribution < -0.4 is 10.2 Å². The normalized spacial score (nSPS) is 16.3. The van der Waals surface area contributed by atoms with Crippen LogP contribution in [0.1, 0.15) is 25.6 Å². The van der Waals surface area contributed by atoms with Gasteiger partial charge in [0.2, 0.25) is 5.91 Å². The van der Waals surface area contributed by atoms with Crippen LogP contribution in [0.25, 0.3) is 10.2 Å². The fourth-order valence-corrected chi connectivity index (χ4v) is 4.19. The number of likely N-dealkylation sites (tertiary alicyclic amines) is 1. The highest BCUT2D eigenvalue weighted by Crippen LogP contribution is 2.29. The Labute approximate surface area is 153 Å². The van der Waals surface area contributed by atoms with Crippen molar-refractivity contribution in [1.82, 2.24) is 20.2 Å². The highest BCUT2D eigenvalue weighted by Gasteiger charge is 2.23. The van der Waals surface area contributed by atoms with Crippen molar-refractivity contribution in [3.05, 3.63) is 17.3 Å². The summed E-state index contributed by atoms with van der Waals surface area (Å²) < 4.78 is 0.